The molecule has 1 radical (unpaired) electrons. The molecule has 0 heterocycles. The molecule has 0 fully saturated rings. The molecule has 0 aromatic carbocycles. The Labute approximate surface area is 177 Å². The van der Waals surface area contributed by atoms with Crippen LogP contribution in [0.2, 0.25) is 0 Å². The van der Waals surface area contributed by atoms with E-state index in [0.717, 1.165) is 0 Å². The summed E-state index contributed by atoms with van der Waals surface area (Å²) in [5.74, 6) is -4.36. The monoisotopic (exact) mass is 447 g/mol. The molecule has 0 rings (SSSR count). The lowest BCUT2D eigenvalue weighted by Crippen LogP contribution is -2.56. The predicted octanol–water partition coefficient (Wildman–Crippen LogP) is -2.01. The number of nitrogens with one attached hydrogen (secondary N) is 3. The van der Waals surface area contributed by atoms with Crippen molar-refractivity contribution in [3.05, 3.63) is 0 Å². The lowest BCUT2D eigenvalue weighted by atomic mass is 10.1. The molecular weight excluding hydrogens is 420 g/mol. The van der Waals surface area contributed by atoms with Crippen LogP contribution in [-0.4, -0.2) is 82.3 Å². The number of hydrogen-bond acceptors (Lipinski definition) is 8. The standard InChI is InChI=1S/C17H27N4O8S/c1-9(19-16(28)11(18)5-6-30-2)15(27)21-12(7-14(25)26)17(29)20-10(8-22)3-4-13(23)24/h9-12H,3-7,18H2,1-2H3,(H,19,28)(H,20,29)(H,21,27)(H,23,24)(H,25,26)/t9-,10-,11-,12-/m0/s1. The van der Waals surface area contributed by atoms with Gasteiger partial charge in [0, 0.05) is 6.42 Å². The Hall–Kier alpha value is -2.67. The van der Waals surface area contributed by atoms with Gasteiger partial charge < -0.3 is 31.9 Å². The molecule has 0 aromatic heterocycles. The van der Waals surface area contributed by atoms with Gasteiger partial charge >= 0.3 is 11.9 Å². The van der Waals surface area contributed by atoms with Crippen molar-refractivity contribution < 1.29 is 39.0 Å². The Bertz CT molecular complexity index is 645. The Morgan fingerprint density at radius 2 is 1.60 bits per heavy atom. The van der Waals surface area contributed by atoms with Crippen LogP contribution >= 0.6 is 11.8 Å². The summed E-state index contributed by atoms with van der Waals surface area (Å²) in [4.78, 5) is 69.0. The fourth-order valence-corrected chi connectivity index (χ4v) is 2.63. The van der Waals surface area contributed by atoms with Gasteiger partial charge in [-0.25, -0.2) is 0 Å². The second kappa shape index (κ2) is 14.3. The van der Waals surface area contributed by atoms with E-state index in [0.29, 0.717) is 12.2 Å². The van der Waals surface area contributed by atoms with Gasteiger partial charge in [0.1, 0.15) is 12.1 Å². The third kappa shape index (κ3) is 11.4. The Balaban J connectivity index is 4.96. The van der Waals surface area contributed by atoms with E-state index in [1.807, 2.05) is 6.26 Å². The number of rotatable bonds is 15. The third-order valence-electron chi connectivity index (χ3n) is 3.84. The van der Waals surface area contributed by atoms with Crippen LogP contribution in [0.4, 0.5) is 0 Å². The fourth-order valence-electron chi connectivity index (χ4n) is 2.14. The smallest absolute Gasteiger partial charge is 0.305 e. The summed E-state index contributed by atoms with van der Waals surface area (Å²) in [6.45, 7) is 1.33. The highest BCUT2D eigenvalue weighted by Crippen LogP contribution is 2.01. The van der Waals surface area contributed by atoms with E-state index in [2.05, 4.69) is 16.0 Å². The molecule has 0 saturated carbocycles. The third-order valence-corrected chi connectivity index (χ3v) is 4.48. The van der Waals surface area contributed by atoms with Gasteiger partial charge in [-0.2, -0.15) is 11.8 Å². The van der Waals surface area contributed by atoms with Crippen molar-refractivity contribution in [3.8, 4) is 0 Å². The largest absolute Gasteiger partial charge is 0.481 e. The van der Waals surface area contributed by atoms with Crippen molar-refractivity contribution in [2.45, 2.75) is 56.8 Å². The van der Waals surface area contributed by atoms with Gasteiger partial charge in [-0.1, -0.05) is 0 Å². The molecule has 4 atom stereocenters. The zero-order chi connectivity index (χ0) is 23.3. The minimum atomic E-state index is -1.56. The van der Waals surface area contributed by atoms with Gasteiger partial charge in [0.05, 0.1) is 18.5 Å². The van der Waals surface area contributed by atoms with Gasteiger partial charge in [0.15, 0.2) is 0 Å². The molecule has 13 heteroatoms. The normalized spacial score (nSPS) is 14.5. The molecule has 0 aliphatic carbocycles. The number of hydrogen-bond donors (Lipinski definition) is 6. The van der Waals surface area contributed by atoms with E-state index >= 15 is 0 Å². The van der Waals surface area contributed by atoms with Crippen LogP contribution in [0.1, 0.15) is 32.6 Å². The SMILES string of the molecule is CSCC[C@H](N)C(=O)N[C@@H](C)C(=O)N[C@@H](CC(=O)O)C(=O)N[C@H]([C]=O)CCC(=O)O. The lowest BCUT2D eigenvalue weighted by Gasteiger charge is -2.22. The second-order valence-electron chi connectivity index (χ2n) is 6.39. The summed E-state index contributed by atoms with van der Waals surface area (Å²) in [5.41, 5.74) is 5.71. The van der Waals surface area contributed by atoms with Crippen LogP contribution in [0, 0.1) is 0 Å². The van der Waals surface area contributed by atoms with Crippen molar-refractivity contribution in [2.75, 3.05) is 12.0 Å². The van der Waals surface area contributed by atoms with Crippen molar-refractivity contribution in [2.24, 2.45) is 5.73 Å². The van der Waals surface area contributed by atoms with Crippen molar-refractivity contribution in [1.29, 1.82) is 0 Å². The van der Waals surface area contributed by atoms with Crippen molar-refractivity contribution in [1.82, 2.24) is 16.0 Å². The number of nitrogens with two attached hydrogens (primary N) is 1. The highest BCUT2D eigenvalue weighted by atomic mass is 32.2. The quantitative estimate of drug-likeness (QED) is 0.163. The van der Waals surface area contributed by atoms with Crippen LogP contribution in [0.3, 0.4) is 0 Å². The molecule has 0 bridgehead atoms. The maximum atomic E-state index is 12.3. The van der Waals surface area contributed by atoms with E-state index in [4.69, 9.17) is 15.9 Å². The van der Waals surface area contributed by atoms with Crippen LogP contribution in [-0.2, 0) is 28.8 Å². The van der Waals surface area contributed by atoms with E-state index in [1.165, 1.54) is 25.0 Å². The number of carboxylic acid groups (broad SMARTS) is 2. The van der Waals surface area contributed by atoms with Crippen LogP contribution in [0.15, 0.2) is 0 Å². The molecule has 0 aromatic rings. The fraction of sp³-hybridized carbons (Fsp3) is 0.647. The average molecular weight is 447 g/mol. The first-order valence-corrected chi connectivity index (χ1v) is 10.4. The van der Waals surface area contributed by atoms with Gasteiger partial charge in [0.25, 0.3) is 0 Å². The van der Waals surface area contributed by atoms with Crippen LogP contribution in [0.25, 0.3) is 0 Å². The molecule has 12 nitrogen and oxygen atoms in total. The molecule has 0 aliphatic heterocycles. The van der Waals surface area contributed by atoms with Crippen molar-refractivity contribution >= 4 is 47.7 Å². The summed E-state index contributed by atoms with van der Waals surface area (Å²) >= 11 is 1.50. The first-order chi connectivity index (χ1) is 14.0. The zero-order valence-corrected chi connectivity index (χ0v) is 17.5. The van der Waals surface area contributed by atoms with E-state index < -0.39 is 66.7 Å². The lowest BCUT2D eigenvalue weighted by molar-refractivity contribution is -0.141. The molecule has 0 aliphatic rings. The summed E-state index contributed by atoms with van der Waals surface area (Å²) in [7, 11) is 0. The molecule has 0 saturated heterocycles. The van der Waals surface area contributed by atoms with E-state index in [1.54, 1.807) is 0 Å². The zero-order valence-electron chi connectivity index (χ0n) is 16.7. The van der Waals surface area contributed by atoms with Crippen LogP contribution in [0.5, 0.6) is 0 Å². The summed E-state index contributed by atoms with van der Waals surface area (Å²) in [6.07, 6.45) is 2.23. The van der Waals surface area contributed by atoms with Gasteiger partial charge in [-0.05, 0) is 31.8 Å². The van der Waals surface area contributed by atoms with Crippen LogP contribution < -0.4 is 21.7 Å². The summed E-state index contributed by atoms with van der Waals surface area (Å²) < 4.78 is 0. The molecule has 169 valence electrons. The highest BCUT2D eigenvalue weighted by molar-refractivity contribution is 7.98. The number of thioether (sulfide) groups is 1. The first kappa shape index (κ1) is 27.3. The average Bonchev–Trinajstić information content (AvgIpc) is 2.67. The minimum Gasteiger partial charge on any atom is -0.481 e. The highest BCUT2D eigenvalue weighted by Gasteiger charge is 2.28. The predicted molar refractivity (Wildman–Crippen MR) is 107 cm³/mol. The molecular formula is C17H27N4O8S. The number of amides is 3. The number of carbonyl (C=O) groups excluding carboxylic acids is 4. The molecule has 3 amide bonds. The number of carbonyl (C=O) groups is 5. The molecule has 30 heavy (non-hydrogen) atoms. The first-order valence-electron chi connectivity index (χ1n) is 8.98. The van der Waals surface area contributed by atoms with Gasteiger partial charge in [-0.3, -0.25) is 28.8 Å². The maximum absolute atomic E-state index is 12.3. The van der Waals surface area contributed by atoms with E-state index in [-0.39, 0.29) is 6.42 Å². The maximum Gasteiger partial charge on any atom is 0.305 e. The molecule has 0 spiro atoms. The number of carboxylic acids is 2. The minimum absolute atomic E-state index is 0.251. The van der Waals surface area contributed by atoms with Crippen molar-refractivity contribution in [3.63, 3.8) is 0 Å². The molecule has 0 unspecified atom stereocenters. The van der Waals surface area contributed by atoms with Gasteiger partial charge in [-0.15, -0.1) is 0 Å². The topological polar surface area (TPSA) is 205 Å². The Morgan fingerprint density at radius 1 is 0.967 bits per heavy atom. The summed E-state index contributed by atoms with van der Waals surface area (Å²) in [5, 5.41) is 24.3. The Morgan fingerprint density at radius 3 is 2.10 bits per heavy atom. The second-order valence-corrected chi connectivity index (χ2v) is 7.37. The summed E-state index contributed by atoms with van der Waals surface area (Å²) in [6, 6.07) is -4.78. The van der Waals surface area contributed by atoms with E-state index in [9.17, 15) is 28.8 Å². The van der Waals surface area contributed by atoms with Gasteiger partial charge in [0.2, 0.25) is 24.0 Å². The Kier molecular flexibility index (Phi) is 13.1. The molecule has 7 N–H and O–H groups in total. The number of aliphatic carboxylic acids is 2.